The Morgan fingerprint density at radius 3 is 2.56 bits per heavy atom. The minimum Gasteiger partial charge on any atom is -0.370 e. The number of benzene rings is 1. The van der Waals surface area contributed by atoms with Crippen molar-refractivity contribution in [3.8, 4) is 0 Å². The fraction of sp³-hybridized carbons (Fsp3) is 0.357. The normalized spacial score (nSPS) is 11.2. The van der Waals surface area contributed by atoms with Crippen LogP contribution in [-0.4, -0.2) is 11.5 Å². The standard InChI is InChI=1S/C14H16F2N2/c1-4-17-14-10(8(2)3)7-11-12(16)5-9(15)6-13(11)18-14/h5-8H,4H2,1-3H3,(H,17,18). The predicted octanol–water partition coefficient (Wildman–Crippen LogP) is 4.07. The van der Waals surface area contributed by atoms with Gasteiger partial charge >= 0.3 is 0 Å². The maximum atomic E-state index is 13.7. The highest BCUT2D eigenvalue weighted by molar-refractivity contribution is 5.82. The van der Waals surface area contributed by atoms with Gasteiger partial charge in [-0.15, -0.1) is 0 Å². The molecule has 0 bridgehead atoms. The number of halogens is 2. The number of rotatable bonds is 3. The number of nitrogens with zero attached hydrogens (tertiary/aromatic N) is 1. The molecule has 0 aliphatic carbocycles. The minimum absolute atomic E-state index is 0.223. The van der Waals surface area contributed by atoms with E-state index in [0.29, 0.717) is 16.7 Å². The molecular formula is C14H16F2N2. The molecule has 2 aromatic rings. The van der Waals surface area contributed by atoms with Gasteiger partial charge in [0.25, 0.3) is 0 Å². The van der Waals surface area contributed by atoms with Gasteiger partial charge < -0.3 is 5.32 Å². The molecule has 96 valence electrons. The van der Waals surface area contributed by atoms with Crippen LogP contribution < -0.4 is 5.32 Å². The highest BCUT2D eigenvalue weighted by atomic mass is 19.1. The number of pyridine rings is 1. The van der Waals surface area contributed by atoms with E-state index in [0.717, 1.165) is 18.2 Å². The summed E-state index contributed by atoms with van der Waals surface area (Å²) in [7, 11) is 0. The Bertz CT molecular complexity index is 580. The van der Waals surface area contributed by atoms with Crippen molar-refractivity contribution in [3.63, 3.8) is 0 Å². The molecule has 0 unspecified atom stereocenters. The molecule has 2 nitrogen and oxygen atoms in total. The topological polar surface area (TPSA) is 24.9 Å². The Kier molecular flexibility index (Phi) is 3.45. The van der Waals surface area contributed by atoms with E-state index in [2.05, 4.69) is 10.3 Å². The van der Waals surface area contributed by atoms with Crippen LogP contribution >= 0.6 is 0 Å². The van der Waals surface area contributed by atoms with Crippen LogP contribution in [-0.2, 0) is 0 Å². The Morgan fingerprint density at radius 1 is 1.22 bits per heavy atom. The second-order valence-electron chi connectivity index (χ2n) is 4.57. The molecule has 1 aromatic carbocycles. The monoisotopic (exact) mass is 250 g/mol. The Morgan fingerprint density at radius 2 is 1.94 bits per heavy atom. The molecule has 0 saturated carbocycles. The van der Waals surface area contributed by atoms with E-state index in [1.165, 1.54) is 6.07 Å². The van der Waals surface area contributed by atoms with Gasteiger partial charge in [-0.1, -0.05) is 13.8 Å². The third kappa shape index (κ3) is 2.28. The summed E-state index contributed by atoms with van der Waals surface area (Å²) in [5, 5.41) is 3.50. The highest BCUT2D eigenvalue weighted by Crippen LogP contribution is 2.28. The van der Waals surface area contributed by atoms with Crippen LogP contribution in [0.15, 0.2) is 18.2 Å². The third-order valence-corrected chi connectivity index (χ3v) is 2.84. The summed E-state index contributed by atoms with van der Waals surface area (Å²) in [6, 6.07) is 3.89. The van der Waals surface area contributed by atoms with Crippen LogP contribution in [0.4, 0.5) is 14.6 Å². The van der Waals surface area contributed by atoms with E-state index >= 15 is 0 Å². The van der Waals surface area contributed by atoms with Crippen molar-refractivity contribution in [2.45, 2.75) is 26.7 Å². The maximum absolute atomic E-state index is 13.7. The number of hydrogen-bond donors (Lipinski definition) is 1. The van der Waals surface area contributed by atoms with E-state index in [-0.39, 0.29) is 5.92 Å². The molecular weight excluding hydrogens is 234 g/mol. The summed E-state index contributed by atoms with van der Waals surface area (Å²) in [6.45, 7) is 6.72. The average Bonchev–Trinajstić information content (AvgIpc) is 2.27. The number of hydrogen-bond acceptors (Lipinski definition) is 2. The van der Waals surface area contributed by atoms with Crippen molar-refractivity contribution in [2.75, 3.05) is 11.9 Å². The van der Waals surface area contributed by atoms with E-state index < -0.39 is 11.6 Å². The zero-order chi connectivity index (χ0) is 13.3. The van der Waals surface area contributed by atoms with Gasteiger partial charge in [0.15, 0.2) is 0 Å². The van der Waals surface area contributed by atoms with Gasteiger partial charge in [-0.05, 0) is 24.5 Å². The molecule has 0 spiro atoms. The lowest BCUT2D eigenvalue weighted by Crippen LogP contribution is -2.05. The third-order valence-electron chi connectivity index (χ3n) is 2.84. The highest BCUT2D eigenvalue weighted by Gasteiger charge is 2.13. The van der Waals surface area contributed by atoms with Crippen molar-refractivity contribution in [1.29, 1.82) is 0 Å². The molecule has 1 aromatic heterocycles. The second-order valence-corrected chi connectivity index (χ2v) is 4.57. The number of aromatic nitrogens is 1. The molecule has 4 heteroatoms. The van der Waals surface area contributed by atoms with Gasteiger partial charge in [0, 0.05) is 24.1 Å². The number of nitrogens with one attached hydrogen (secondary N) is 1. The van der Waals surface area contributed by atoms with Gasteiger partial charge in [0.05, 0.1) is 5.52 Å². The molecule has 0 amide bonds. The molecule has 0 fully saturated rings. The van der Waals surface area contributed by atoms with Crippen molar-refractivity contribution in [1.82, 2.24) is 4.98 Å². The fourth-order valence-corrected chi connectivity index (χ4v) is 1.96. The van der Waals surface area contributed by atoms with Gasteiger partial charge in [-0.3, -0.25) is 0 Å². The first kappa shape index (κ1) is 12.7. The summed E-state index contributed by atoms with van der Waals surface area (Å²) < 4.78 is 26.9. The molecule has 18 heavy (non-hydrogen) atoms. The first-order chi connectivity index (χ1) is 8.52. The molecule has 0 saturated heterocycles. The zero-order valence-corrected chi connectivity index (χ0v) is 10.7. The summed E-state index contributed by atoms with van der Waals surface area (Å²) in [5.74, 6) is -0.250. The van der Waals surface area contributed by atoms with Crippen LogP contribution in [0.25, 0.3) is 10.9 Å². The first-order valence-corrected chi connectivity index (χ1v) is 6.06. The summed E-state index contributed by atoms with van der Waals surface area (Å²) >= 11 is 0. The van der Waals surface area contributed by atoms with Crippen molar-refractivity contribution >= 4 is 16.7 Å². The fourth-order valence-electron chi connectivity index (χ4n) is 1.96. The molecule has 2 rings (SSSR count). The second kappa shape index (κ2) is 4.88. The van der Waals surface area contributed by atoms with Gasteiger partial charge in [0.1, 0.15) is 17.5 Å². The SMILES string of the molecule is CCNc1nc2cc(F)cc(F)c2cc1C(C)C. The number of anilines is 1. The largest absolute Gasteiger partial charge is 0.370 e. The van der Waals surface area contributed by atoms with Crippen LogP contribution in [0.5, 0.6) is 0 Å². The first-order valence-electron chi connectivity index (χ1n) is 6.06. The molecule has 0 aliphatic heterocycles. The molecule has 0 aliphatic rings. The van der Waals surface area contributed by atoms with E-state index in [1.54, 1.807) is 6.07 Å². The van der Waals surface area contributed by atoms with Crippen LogP contribution in [0, 0.1) is 11.6 Å². The van der Waals surface area contributed by atoms with Crippen LogP contribution in [0.3, 0.4) is 0 Å². The lowest BCUT2D eigenvalue weighted by molar-refractivity contribution is 0.591. The van der Waals surface area contributed by atoms with E-state index in [4.69, 9.17) is 0 Å². The summed E-state index contributed by atoms with van der Waals surface area (Å²) in [5.41, 5.74) is 1.28. The van der Waals surface area contributed by atoms with E-state index in [1.807, 2.05) is 20.8 Å². The average molecular weight is 250 g/mol. The minimum atomic E-state index is -0.604. The van der Waals surface area contributed by atoms with Crippen molar-refractivity contribution in [2.24, 2.45) is 0 Å². The Balaban J connectivity index is 2.72. The molecule has 0 radical (unpaired) electrons. The van der Waals surface area contributed by atoms with Crippen molar-refractivity contribution < 1.29 is 8.78 Å². The predicted molar refractivity (Wildman–Crippen MR) is 69.9 cm³/mol. The lowest BCUT2D eigenvalue weighted by atomic mass is 10.0. The maximum Gasteiger partial charge on any atom is 0.135 e. The quantitative estimate of drug-likeness (QED) is 0.888. The Labute approximate surface area is 105 Å². The lowest BCUT2D eigenvalue weighted by Gasteiger charge is -2.14. The van der Waals surface area contributed by atoms with E-state index in [9.17, 15) is 8.78 Å². The van der Waals surface area contributed by atoms with Crippen LogP contribution in [0.1, 0.15) is 32.3 Å². The summed E-state index contributed by atoms with van der Waals surface area (Å²) in [4.78, 5) is 4.32. The van der Waals surface area contributed by atoms with Gasteiger partial charge in [-0.25, -0.2) is 13.8 Å². The summed E-state index contributed by atoms with van der Waals surface area (Å²) in [6.07, 6.45) is 0. The zero-order valence-electron chi connectivity index (χ0n) is 10.7. The van der Waals surface area contributed by atoms with Gasteiger partial charge in [0.2, 0.25) is 0 Å². The van der Waals surface area contributed by atoms with Gasteiger partial charge in [-0.2, -0.15) is 0 Å². The van der Waals surface area contributed by atoms with Crippen molar-refractivity contribution in [3.05, 3.63) is 35.4 Å². The molecule has 1 N–H and O–H groups in total. The van der Waals surface area contributed by atoms with Crippen LogP contribution in [0.2, 0.25) is 0 Å². The molecule has 1 heterocycles. The number of fused-ring (bicyclic) bond motifs is 1. The smallest absolute Gasteiger partial charge is 0.135 e. The Hall–Kier alpha value is -1.71. The molecule has 0 atom stereocenters.